The van der Waals surface area contributed by atoms with Crippen molar-refractivity contribution in [1.82, 2.24) is 0 Å². The summed E-state index contributed by atoms with van der Waals surface area (Å²) >= 11 is 0. The summed E-state index contributed by atoms with van der Waals surface area (Å²) in [5.41, 5.74) is 0.391. The number of hydrogen-bond donors (Lipinski definition) is 0. The zero-order valence-corrected chi connectivity index (χ0v) is 10.7. The van der Waals surface area contributed by atoms with Gasteiger partial charge in [0.2, 0.25) is 0 Å². The molecule has 2 heteroatoms. The molecule has 2 nitrogen and oxygen atoms in total. The quantitative estimate of drug-likeness (QED) is 0.706. The molecule has 1 saturated carbocycles. The van der Waals surface area contributed by atoms with E-state index in [0.717, 1.165) is 18.8 Å². The zero-order valence-electron chi connectivity index (χ0n) is 10.7. The van der Waals surface area contributed by atoms with E-state index in [2.05, 4.69) is 32.9 Å². The lowest BCUT2D eigenvalue weighted by Gasteiger charge is -2.37. The van der Waals surface area contributed by atoms with Gasteiger partial charge in [-0.15, -0.1) is 0 Å². The van der Waals surface area contributed by atoms with Crippen LogP contribution >= 0.6 is 0 Å². The van der Waals surface area contributed by atoms with E-state index in [1.54, 1.807) is 0 Å². The SMILES string of the molecule is CC(C)(C)C1CCC(C(C#N)CC#N)CC1. The van der Waals surface area contributed by atoms with Crippen molar-refractivity contribution in [2.45, 2.75) is 52.9 Å². The predicted octanol–water partition coefficient (Wildman–Crippen LogP) is 3.89. The summed E-state index contributed by atoms with van der Waals surface area (Å²) in [6.07, 6.45) is 5.10. The predicted molar refractivity (Wildman–Crippen MR) is 64.2 cm³/mol. The van der Waals surface area contributed by atoms with Gasteiger partial charge in [-0.2, -0.15) is 10.5 Å². The molecule has 0 N–H and O–H groups in total. The Balaban J connectivity index is 2.49. The summed E-state index contributed by atoms with van der Waals surface area (Å²) in [6, 6.07) is 4.44. The van der Waals surface area contributed by atoms with Gasteiger partial charge in [-0.3, -0.25) is 0 Å². The third-order valence-electron chi connectivity index (χ3n) is 4.04. The lowest BCUT2D eigenvalue weighted by molar-refractivity contribution is 0.136. The normalized spacial score (nSPS) is 27.8. The summed E-state index contributed by atoms with van der Waals surface area (Å²) < 4.78 is 0. The Labute approximate surface area is 99.3 Å². The first kappa shape index (κ1) is 13.0. The van der Waals surface area contributed by atoms with Crippen LogP contribution in [0.4, 0.5) is 0 Å². The molecule has 0 radical (unpaired) electrons. The summed E-state index contributed by atoms with van der Waals surface area (Å²) in [7, 11) is 0. The molecule has 0 spiro atoms. The first-order valence-electron chi connectivity index (χ1n) is 6.25. The average molecular weight is 218 g/mol. The van der Waals surface area contributed by atoms with Crippen molar-refractivity contribution in [2.24, 2.45) is 23.2 Å². The highest BCUT2D eigenvalue weighted by molar-refractivity contribution is 4.96. The van der Waals surface area contributed by atoms with Gasteiger partial charge in [-0.25, -0.2) is 0 Å². The van der Waals surface area contributed by atoms with Gasteiger partial charge in [0.05, 0.1) is 24.5 Å². The van der Waals surface area contributed by atoms with Gasteiger partial charge in [-0.1, -0.05) is 20.8 Å². The van der Waals surface area contributed by atoms with E-state index >= 15 is 0 Å². The zero-order chi connectivity index (χ0) is 12.2. The van der Waals surface area contributed by atoms with Gasteiger partial charge in [0.1, 0.15) is 0 Å². The van der Waals surface area contributed by atoms with Crippen LogP contribution in [0.2, 0.25) is 0 Å². The Morgan fingerprint density at radius 1 is 1.12 bits per heavy atom. The van der Waals surface area contributed by atoms with E-state index in [0.29, 0.717) is 17.8 Å². The maximum atomic E-state index is 9.03. The molecule has 0 bridgehead atoms. The van der Waals surface area contributed by atoms with Crippen LogP contribution in [0.15, 0.2) is 0 Å². The molecule has 1 rings (SSSR count). The molecule has 0 saturated heterocycles. The van der Waals surface area contributed by atoms with Gasteiger partial charge < -0.3 is 0 Å². The Morgan fingerprint density at radius 3 is 2.06 bits per heavy atom. The van der Waals surface area contributed by atoms with Crippen LogP contribution in [-0.4, -0.2) is 0 Å². The monoisotopic (exact) mass is 218 g/mol. The minimum atomic E-state index is -0.0362. The molecule has 88 valence electrons. The molecular formula is C14H22N2. The number of hydrogen-bond acceptors (Lipinski definition) is 2. The smallest absolute Gasteiger partial charge is 0.0669 e. The number of nitrogens with zero attached hydrogens (tertiary/aromatic N) is 2. The standard InChI is InChI=1S/C14H22N2/c1-14(2,3)13-6-4-11(5-7-13)12(10-16)8-9-15/h11-13H,4-8H2,1-3H3. The van der Waals surface area contributed by atoms with Crippen LogP contribution in [0.3, 0.4) is 0 Å². The largest absolute Gasteiger partial charge is 0.198 e. The summed E-state index contributed by atoms with van der Waals surface area (Å²) in [5.74, 6) is 1.21. The second-order valence-corrected chi connectivity index (χ2v) is 6.08. The molecule has 1 unspecified atom stereocenters. The summed E-state index contributed by atoms with van der Waals surface area (Å²) in [4.78, 5) is 0. The molecule has 1 aliphatic rings. The van der Waals surface area contributed by atoms with E-state index in [1.165, 1.54) is 12.8 Å². The minimum absolute atomic E-state index is 0.0362. The number of rotatable bonds is 2. The maximum absolute atomic E-state index is 9.03. The fraction of sp³-hybridized carbons (Fsp3) is 0.857. The highest BCUT2D eigenvalue weighted by Gasteiger charge is 2.32. The Morgan fingerprint density at radius 2 is 1.69 bits per heavy atom. The van der Waals surface area contributed by atoms with Crippen molar-refractivity contribution in [2.75, 3.05) is 0 Å². The van der Waals surface area contributed by atoms with Crippen molar-refractivity contribution in [1.29, 1.82) is 10.5 Å². The fourth-order valence-corrected chi connectivity index (χ4v) is 2.80. The van der Waals surface area contributed by atoms with Crippen molar-refractivity contribution >= 4 is 0 Å². The topological polar surface area (TPSA) is 47.6 Å². The molecule has 0 amide bonds. The first-order chi connectivity index (χ1) is 7.49. The van der Waals surface area contributed by atoms with Gasteiger partial charge in [0, 0.05) is 0 Å². The van der Waals surface area contributed by atoms with Crippen LogP contribution < -0.4 is 0 Å². The van der Waals surface area contributed by atoms with E-state index < -0.39 is 0 Å². The van der Waals surface area contributed by atoms with Gasteiger partial charge in [-0.05, 0) is 42.9 Å². The molecule has 0 aromatic carbocycles. The molecule has 1 fully saturated rings. The molecule has 0 aromatic heterocycles. The Hall–Kier alpha value is -1.02. The maximum Gasteiger partial charge on any atom is 0.0669 e. The fourth-order valence-electron chi connectivity index (χ4n) is 2.80. The van der Waals surface area contributed by atoms with Crippen LogP contribution in [-0.2, 0) is 0 Å². The lowest BCUT2D eigenvalue weighted by atomic mass is 9.67. The van der Waals surface area contributed by atoms with Crippen molar-refractivity contribution in [3.63, 3.8) is 0 Å². The van der Waals surface area contributed by atoms with E-state index in [-0.39, 0.29) is 5.92 Å². The molecule has 16 heavy (non-hydrogen) atoms. The van der Waals surface area contributed by atoms with E-state index in [9.17, 15) is 0 Å². The van der Waals surface area contributed by atoms with E-state index in [1.807, 2.05) is 0 Å². The molecule has 1 atom stereocenters. The molecular weight excluding hydrogens is 196 g/mol. The first-order valence-corrected chi connectivity index (χ1v) is 6.25. The minimum Gasteiger partial charge on any atom is -0.198 e. The van der Waals surface area contributed by atoms with Gasteiger partial charge in [0.25, 0.3) is 0 Å². The van der Waals surface area contributed by atoms with Crippen molar-refractivity contribution < 1.29 is 0 Å². The molecule has 1 aliphatic carbocycles. The third kappa shape index (κ3) is 3.24. The van der Waals surface area contributed by atoms with E-state index in [4.69, 9.17) is 10.5 Å². The van der Waals surface area contributed by atoms with Crippen LogP contribution in [0.25, 0.3) is 0 Å². The Kier molecular flexibility index (Phi) is 4.36. The van der Waals surface area contributed by atoms with Crippen LogP contribution in [0.5, 0.6) is 0 Å². The molecule has 0 heterocycles. The number of nitriles is 2. The highest BCUT2D eigenvalue weighted by Crippen LogP contribution is 2.42. The van der Waals surface area contributed by atoms with Gasteiger partial charge in [0.15, 0.2) is 0 Å². The lowest BCUT2D eigenvalue weighted by Crippen LogP contribution is -2.28. The van der Waals surface area contributed by atoms with Crippen LogP contribution in [0.1, 0.15) is 52.9 Å². The average Bonchev–Trinajstić information content (AvgIpc) is 2.25. The summed E-state index contributed by atoms with van der Waals surface area (Å²) in [5, 5.41) is 17.7. The molecule has 0 aliphatic heterocycles. The third-order valence-corrected chi connectivity index (χ3v) is 4.04. The van der Waals surface area contributed by atoms with Crippen molar-refractivity contribution in [3.05, 3.63) is 0 Å². The van der Waals surface area contributed by atoms with Gasteiger partial charge >= 0.3 is 0 Å². The summed E-state index contributed by atoms with van der Waals surface area (Å²) in [6.45, 7) is 6.90. The second-order valence-electron chi connectivity index (χ2n) is 6.08. The molecule has 0 aromatic rings. The van der Waals surface area contributed by atoms with Crippen molar-refractivity contribution in [3.8, 4) is 12.1 Å². The Bertz CT molecular complexity index is 292. The second kappa shape index (κ2) is 5.35. The highest BCUT2D eigenvalue weighted by atomic mass is 14.4. The van der Waals surface area contributed by atoms with Crippen LogP contribution in [0, 0.1) is 45.8 Å².